The number of furan rings is 1. The predicted octanol–water partition coefficient (Wildman–Crippen LogP) is 2.22. The highest BCUT2D eigenvalue weighted by Crippen LogP contribution is 2.15. The molecular weight excluding hydrogens is 234 g/mol. The number of hydrogen-bond donors (Lipinski definition) is 2. The van der Waals surface area contributed by atoms with Crippen LogP contribution in [0.25, 0.3) is 0 Å². The largest absolute Gasteiger partial charge is 0.481 e. The van der Waals surface area contributed by atoms with E-state index in [0.29, 0.717) is 5.56 Å². The van der Waals surface area contributed by atoms with E-state index in [1.54, 1.807) is 0 Å². The minimum atomic E-state index is -1.02. The smallest absolute Gasteiger partial charge is 0.311 e. The van der Waals surface area contributed by atoms with Gasteiger partial charge in [-0.05, 0) is 26.3 Å². The molecule has 0 fully saturated rings. The Kier molecular flexibility index (Phi) is 4.53. The fourth-order valence-corrected chi connectivity index (χ4v) is 1.88. The first-order valence-electron chi connectivity index (χ1n) is 5.96. The highest BCUT2D eigenvalue weighted by Gasteiger charge is 2.23. The maximum absolute atomic E-state index is 12.0. The van der Waals surface area contributed by atoms with Gasteiger partial charge in [0.15, 0.2) is 0 Å². The molecule has 0 bridgehead atoms. The summed E-state index contributed by atoms with van der Waals surface area (Å²) in [7, 11) is 0. The number of hydrogen-bond acceptors (Lipinski definition) is 3. The van der Waals surface area contributed by atoms with Gasteiger partial charge < -0.3 is 14.8 Å². The summed E-state index contributed by atoms with van der Waals surface area (Å²) < 4.78 is 5.03. The average Bonchev–Trinajstić information content (AvgIpc) is 2.63. The zero-order chi connectivity index (χ0) is 13.8. The fourth-order valence-electron chi connectivity index (χ4n) is 1.88. The number of amides is 1. The van der Waals surface area contributed by atoms with Crippen molar-refractivity contribution in [3.8, 4) is 0 Å². The summed E-state index contributed by atoms with van der Waals surface area (Å²) in [5.41, 5.74) is -0.0227. The van der Waals surface area contributed by atoms with Crippen LogP contribution in [0.5, 0.6) is 0 Å². The van der Waals surface area contributed by atoms with Gasteiger partial charge in [0.2, 0.25) is 0 Å². The topological polar surface area (TPSA) is 79.5 Å². The Balaban J connectivity index is 2.78. The Bertz CT molecular complexity index is 434. The molecule has 0 saturated heterocycles. The number of nitrogens with one attached hydrogen (secondary N) is 1. The summed E-state index contributed by atoms with van der Waals surface area (Å²) in [6, 6.07) is 1.50. The van der Waals surface area contributed by atoms with E-state index < -0.39 is 5.97 Å². The highest BCUT2D eigenvalue weighted by molar-refractivity contribution is 5.96. The van der Waals surface area contributed by atoms with Crippen LogP contribution in [0.15, 0.2) is 16.7 Å². The van der Waals surface area contributed by atoms with E-state index in [1.807, 2.05) is 20.8 Å². The van der Waals surface area contributed by atoms with Crippen LogP contribution in [0.4, 0.5) is 0 Å². The van der Waals surface area contributed by atoms with Crippen molar-refractivity contribution in [1.29, 1.82) is 0 Å². The minimum absolute atomic E-state index is 0.187. The van der Waals surface area contributed by atoms with Crippen molar-refractivity contribution in [2.24, 2.45) is 0 Å². The summed E-state index contributed by atoms with van der Waals surface area (Å²) in [5, 5.41) is 11.6. The maximum atomic E-state index is 12.0. The maximum Gasteiger partial charge on any atom is 0.311 e. The van der Waals surface area contributed by atoms with E-state index in [1.165, 1.54) is 12.3 Å². The van der Waals surface area contributed by atoms with Crippen LogP contribution in [-0.4, -0.2) is 22.5 Å². The van der Waals surface area contributed by atoms with Crippen molar-refractivity contribution in [3.63, 3.8) is 0 Å². The van der Waals surface area contributed by atoms with Gasteiger partial charge in [-0.2, -0.15) is 0 Å². The lowest BCUT2D eigenvalue weighted by Gasteiger charge is -2.25. The average molecular weight is 253 g/mol. The van der Waals surface area contributed by atoms with Crippen LogP contribution in [0.1, 0.15) is 49.7 Å². The third kappa shape index (κ3) is 3.91. The Labute approximate surface area is 106 Å². The molecule has 1 heterocycles. The van der Waals surface area contributed by atoms with Gasteiger partial charge in [-0.1, -0.05) is 13.3 Å². The second kappa shape index (κ2) is 5.71. The standard InChI is InChI=1S/C13H19NO4/c1-4-6-13(2,3)14-12(17)9-5-7-18-10(9)8-11(15)16/h5,7H,4,6,8H2,1-3H3,(H,14,17)(H,15,16). The van der Waals surface area contributed by atoms with E-state index in [-0.39, 0.29) is 23.6 Å². The zero-order valence-corrected chi connectivity index (χ0v) is 10.9. The predicted molar refractivity (Wildman–Crippen MR) is 66.5 cm³/mol. The van der Waals surface area contributed by atoms with Crippen molar-refractivity contribution in [3.05, 3.63) is 23.7 Å². The lowest BCUT2D eigenvalue weighted by molar-refractivity contribution is -0.136. The molecule has 0 aliphatic carbocycles. The molecule has 0 aliphatic heterocycles. The van der Waals surface area contributed by atoms with Crippen LogP contribution < -0.4 is 5.32 Å². The van der Waals surface area contributed by atoms with Crippen molar-refractivity contribution in [1.82, 2.24) is 5.32 Å². The molecule has 1 aromatic heterocycles. The van der Waals surface area contributed by atoms with E-state index in [2.05, 4.69) is 5.32 Å². The Morgan fingerprint density at radius 3 is 2.67 bits per heavy atom. The molecule has 0 radical (unpaired) electrons. The van der Waals surface area contributed by atoms with Crippen LogP contribution in [0.3, 0.4) is 0 Å². The Morgan fingerprint density at radius 2 is 2.11 bits per heavy atom. The summed E-state index contributed by atoms with van der Waals surface area (Å²) in [5.74, 6) is -1.13. The van der Waals surface area contributed by atoms with Gasteiger partial charge >= 0.3 is 5.97 Å². The summed E-state index contributed by atoms with van der Waals surface area (Å²) >= 11 is 0. The molecule has 2 N–H and O–H groups in total. The monoisotopic (exact) mass is 253 g/mol. The van der Waals surface area contributed by atoms with Gasteiger partial charge in [-0.25, -0.2) is 0 Å². The number of carboxylic acids is 1. The van der Waals surface area contributed by atoms with Crippen LogP contribution in [0, 0.1) is 0 Å². The Morgan fingerprint density at radius 1 is 1.44 bits per heavy atom. The van der Waals surface area contributed by atoms with Crippen LogP contribution in [-0.2, 0) is 11.2 Å². The van der Waals surface area contributed by atoms with Gasteiger partial charge in [0, 0.05) is 5.54 Å². The molecule has 5 heteroatoms. The van der Waals surface area contributed by atoms with Gasteiger partial charge in [0.25, 0.3) is 5.91 Å². The van der Waals surface area contributed by atoms with E-state index >= 15 is 0 Å². The van der Waals surface area contributed by atoms with Crippen LogP contribution >= 0.6 is 0 Å². The molecule has 0 aromatic carbocycles. The van der Waals surface area contributed by atoms with Gasteiger partial charge in [-0.3, -0.25) is 9.59 Å². The molecule has 0 unspecified atom stereocenters. The van der Waals surface area contributed by atoms with E-state index in [4.69, 9.17) is 9.52 Å². The third-order valence-corrected chi connectivity index (χ3v) is 2.63. The number of carboxylic acid groups (broad SMARTS) is 1. The summed E-state index contributed by atoms with van der Waals surface area (Å²) in [4.78, 5) is 22.7. The molecule has 0 atom stereocenters. The number of aliphatic carboxylic acids is 1. The molecule has 0 aliphatic rings. The SMILES string of the molecule is CCCC(C)(C)NC(=O)c1ccoc1CC(=O)O. The van der Waals surface area contributed by atoms with E-state index in [9.17, 15) is 9.59 Å². The van der Waals surface area contributed by atoms with Gasteiger partial charge in [0.05, 0.1) is 11.8 Å². The molecule has 1 amide bonds. The quantitative estimate of drug-likeness (QED) is 0.814. The lowest BCUT2D eigenvalue weighted by atomic mass is 9.98. The number of rotatable bonds is 6. The van der Waals surface area contributed by atoms with Crippen molar-refractivity contribution in [2.45, 2.75) is 45.6 Å². The van der Waals surface area contributed by atoms with Crippen molar-refractivity contribution < 1.29 is 19.1 Å². The summed E-state index contributed by atoms with van der Waals surface area (Å²) in [6.45, 7) is 5.91. The summed E-state index contributed by atoms with van der Waals surface area (Å²) in [6.07, 6.45) is 2.86. The molecule has 18 heavy (non-hydrogen) atoms. The van der Waals surface area contributed by atoms with Gasteiger partial charge in [-0.15, -0.1) is 0 Å². The van der Waals surface area contributed by atoms with Crippen molar-refractivity contribution >= 4 is 11.9 Å². The first kappa shape index (κ1) is 14.3. The molecular formula is C13H19NO4. The fraction of sp³-hybridized carbons (Fsp3) is 0.538. The molecule has 100 valence electrons. The van der Waals surface area contributed by atoms with Crippen LogP contribution in [0.2, 0.25) is 0 Å². The zero-order valence-electron chi connectivity index (χ0n) is 10.9. The minimum Gasteiger partial charge on any atom is -0.481 e. The first-order valence-corrected chi connectivity index (χ1v) is 5.96. The van der Waals surface area contributed by atoms with E-state index in [0.717, 1.165) is 12.8 Å². The molecule has 0 saturated carbocycles. The second-order valence-electron chi connectivity index (χ2n) is 4.92. The van der Waals surface area contributed by atoms with Crippen molar-refractivity contribution in [2.75, 3.05) is 0 Å². The molecule has 0 spiro atoms. The highest BCUT2D eigenvalue weighted by atomic mass is 16.4. The molecule has 1 rings (SSSR count). The molecule has 5 nitrogen and oxygen atoms in total. The normalized spacial score (nSPS) is 11.3. The number of carbonyl (C=O) groups is 2. The Hall–Kier alpha value is -1.78. The third-order valence-electron chi connectivity index (χ3n) is 2.63. The van der Waals surface area contributed by atoms with Gasteiger partial charge in [0.1, 0.15) is 12.2 Å². The lowest BCUT2D eigenvalue weighted by Crippen LogP contribution is -2.43. The second-order valence-corrected chi connectivity index (χ2v) is 4.92. The first-order chi connectivity index (χ1) is 8.35. The number of carbonyl (C=O) groups excluding carboxylic acids is 1. The molecule has 1 aromatic rings.